The van der Waals surface area contributed by atoms with Gasteiger partial charge in [-0.3, -0.25) is 4.98 Å². The number of hydrogen-bond donors (Lipinski definition) is 1. The van der Waals surface area contributed by atoms with Crippen LogP contribution in [-0.4, -0.2) is 24.3 Å². The molecule has 1 N–H and O–H groups in total. The van der Waals surface area contributed by atoms with Crippen molar-refractivity contribution in [2.24, 2.45) is 0 Å². The fourth-order valence-electron chi connectivity index (χ4n) is 1.80. The van der Waals surface area contributed by atoms with E-state index in [9.17, 15) is 9.50 Å². The van der Waals surface area contributed by atoms with Crippen molar-refractivity contribution in [2.75, 3.05) is 14.2 Å². The van der Waals surface area contributed by atoms with Crippen LogP contribution in [0.15, 0.2) is 36.5 Å². The van der Waals surface area contributed by atoms with Gasteiger partial charge in [-0.2, -0.15) is 0 Å². The molecule has 0 spiro atoms. The minimum atomic E-state index is -1.22. The summed E-state index contributed by atoms with van der Waals surface area (Å²) in [7, 11) is 2.99. The van der Waals surface area contributed by atoms with E-state index in [1.807, 2.05) is 0 Å². The molecule has 1 aromatic heterocycles. The van der Waals surface area contributed by atoms with E-state index in [1.165, 1.54) is 32.5 Å². The Morgan fingerprint density at radius 2 is 2.00 bits per heavy atom. The molecule has 0 fully saturated rings. The first kappa shape index (κ1) is 13.3. The van der Waals surface area contributed by atoms with Crippen molar-refractivity contribution >= 4 is 0 Å². The predicted molar refractivity (Wildman–Crippen MR) is 67.8 cm³/mol. The van der Waals surface area contributed by atoms with E-state index in [4.69, 9.17) is 9.47 Å². The summed E-state index contributed by atoms with van der Waals surface area (Å²) in [5, 5.41) is 10.3. The van der Waals surface area contributed by atoms with Crippen LogP contribution in [0.5, 0.6) is 11.5 Å². The van der Waals surface area contributed by atoms with Crippen LogP contribution in [0.4, 0.5) is 4.39 Å². The number of aliphatic hydroxyl groups excluding tert-OH is 1. The van der Waals surface area contributed by atoms with Crippen molar-refractivity contribution in [3.8, 4) is 11.5 Å². The number of benzene rings is 1. The maximum atomic E-state index is 13.6. The highest BCUT2D eigenvalue weighted by atomic mass is 19.1. The lowest BCUT2D eigenvalue weighted by molar-refractivity contribution is 0.203. The highest BCUT2D eigenvalue weighted by Gasteiger charge is 2.20. The number of aliphatic hydroxyl groups is 1. The molecule has 2 rings (SSSR count). The summed E-state index contributed by atoms with van der Waals surface area (Å²) >= 11 is 0. The van der Waals surface area contributed by atoms with Gasteiger partial charge in [0.1, 0.15) is 29.1 Å². The summed E-state index contributed by atoms with van der Waals surface area (Å²) in [6.07, 6.45) is 0.208. The summed E-state index contributed by atoms with van der Waals surface area (Å²) in [6, 6.07) is 7.66. The molecular formula is C14H14FNO3. The maximum absolute atomic E-state index is 13.6. The average Bonchev–Trinajstić information content (AvgIpc) is 2.46. The van der Waals surface area contributed by atoms with E-state index in [0.29, 0.717) is 17.1 Å². The molecule has 1 aromatic carbocycles. The van der Waals surface area contributed by atoms with Gasteiger partial charge in [0.15, 0.2) is 0 Å². The summed E-state index contributed by atoms with van der Waals surface area (Å²) in [5.74, 6) is 0.421. The molecule has 2 aromatic rings. The number of hydrogen-bond acceptors (Lipinski definition) is 4. The zero-order chi connectivity index (χ0) is 13.8. The first-order valence-electron chi connectivity index (χ1n) is 5.67. The summed E-state index contributed by atoms with van der Waals surface area (Å²) in [6.45, 7) is 0. The fraction of sp³-hybridized carbons (Fsp3) is 0.214. The molecule has 19 heavy (non-hydrogen) atoms. The van der Waals surface area contributed by atoms with Gasteiger partial charge in [-0.1, -0.05) is 0 Å². The van der Waals surface area contributed by atoms with E-state index in [2.05, 4.69) is 4.98 Å². The minimum absolute atomic E-state index is 0.0472. The van der Waals surface area contributed by atoms with E-state index in [-0.39, 0.29) is 5.69 Å². The van der Waals surface area contributed by atoms with E-state index >= 15 is 0 Å². The molecule has 0 saturated carbocycles. The van der Waals surface area contributed by atoms with Crippen LogP contribution in [-0.2, 0) is 0 Å². The van der Waals surface area contributed by atoms with Crippen LogP contribution in [0.25, 0.3) is 0 Å². The Bertz CT molecular complexity index is 574. The zero-order valence-corrected chi connectivity index (χ0v) is 10.6. The smallest absolute Gasteiger partial charge is 0.147 e. The molecule has 0 radical (unpaired) electrons. The number of aromatic nitrogens is 1. The van der Waals surface area contributed by atoms with Gasteiger partial charge in [0.05, 0.1) is 14.2 Å². The van der Waals surface area contributed by atoms with Crippen LogP contribution in [0.3, 0.4) is 0 Å². The van der Waals surface area contributed by atoms with Crippen molar-refractivity contribution in [2.45, 2.75) is 6.10 Å². The van der Waals surface area contributed by atoms with Gasteiger partial charge in [0.25, 0.3) is 0 Å². The SMILES string of the molecule is COc1ccc(OC)c(C(O)c2ncccc2F)c1. The van der Waals surface area contributed by atoms with Gasteiger partial charge in [-0.25, -0.2) is 4.39 Å². The number of pyridine rings is 1. The molecule has 0 bridgehead atoms. The lowest BCUT2D eigenvalue weighted by Gasteiger charge is -2.15. The predicted octanol–water partition coefficient (Wildman–Crippen LogP) is 2.32. The molecule has 0 saturated heterocycles. The molecule has 100 valence electrons. The van der Waals surface area contributed by atoms with Gasteiger partial charge in [0.2, 0.25) is 0 Å². The van der Waals surface area contributed by atoms with Gasteiger partial charge in [-0.05, 0) is 30.3 Å². The third kappa shape index (κ3) is 2.66. The molecule has 5 heteroatoms. The van der Waals surface area contributed by atoms with Crippen LogP contribution >= 0.6 is 0 Å². The molecule has 4 nitrogen and oxygen atoms in total. The second kappa shape index (κ2) is 5.67. The summed E-state index contributed by atoms with van der Waals surface area (Å²) in [5.41, 5.74) is 0.355. The summed E-state index contributed by atoms with van der Waals surface area (Å²) in [4.78, 5) is 3.86. The lowest BCUT2D eigenvalue weighted by Crippen LogP contribution is -2.07. The number of ether oxygens (including phenoxy) is 2. The zero-order valence-electron chi connectivity index (χ0n) is 10.6. The lowest BCUT2D eigenvalue weighted by atomic mass is 10.0. The first-order chi connectivity index (χ1) is 9.17. The third-order valence-corrected chi connectivity index (χ3v) is 2.78. The quantitative estimate of drug-likeness (QED) is 0.919. The average molecular weight is 263 g/mol. The Morgan fingerprint density at radius 3 is 2.63 bits per heavy atom. The van der Waals surface area contributed by atoms with E-state index in [1.54, 1.807) is 18.2 Å². The molecule has 1 unspecified atom stereocenters. The monoisotopic (exact) mass is 263 g/mol. The fourth-order valence-corrected chi connectivity index (χ4v) is 1.80. The van der Waals surface area contributed by atoms with Crippen molar-refractivity contribution in [3.63, 3.8) is 0 Å². The minimum Gasteiger partial charge on any atom is -0.497 e. The van der Waals surface area contributed by atoms with Crippen molar-refractivity contribution < 1.29 is 19.0 Å². The second-order valence-corrected chi connectivity index (χ2v) is 3.88. The Balaban J connectivity index is 2.48. The van der Waals surface area contributed by atoms with Crippen LogP contribution in [0.1, 0.15) is 17.4 Å². The van der Waals surface area contributed by atoms with Crippen molar-refractivity contribution in [3.05, 3.63) is 53.6 Å². The standard InChI is InChI=1S/C14H14FNO3/c1-18-9-5-6-12(19-2)10(8-9)14(17)13-11(15)4-3-7-16-13/h3-8,14,17H,1-2H3. The number of methoxy groups -OCH3 is 2. The van der Waals surface area contributed by atoms with Crippen LogP contribution in [0.2, 0.25) is 0 Å². The van der Waals surface area contributed by atoms with E-state index in [0.717, 1.165) is 0 Å². The maximum Gasteiger partial charge on any atom is 0.147 e. The highest BCUT2D eigenvalue weighted by Crippen LogP contribution is 2.32. The molecule has 0 aliphatic heterocycles. The summed E-state index contributed by atoms with van der Waals surface area (Å²) < 4.78 is 23.9. The molecule has 1 heterocycles. The molecule has 1 atom stereocenters. The number of rotatable bonds is 4. The van der Waals surface area contributed by atoms with Gasteiger partial charge >= 0.3 is 0 Å². The Labute approximate surface area is 110 Å². The normalized spacial score (nSPS) is 12.0. The van der Waals surface area contributed by atoms with Gasteiger partial charge < -0.3 is 14.6 Å². The van der Waals surface area contributed by atoms with Gasteiger partial charge in [0, 0.05) is 11.8 Å². The third-order valence-electron chi connectivity index (χ3n) is 2.78. The van der Waals surface area contributed by atoms with E-state index < -0.39 is 11.9 Å². The molecular weight excluding hydrogens is 249 g/mol. The first-order valence-corrected chi connectivity index (χ1v) is 5.67. The second-order valence-electron chi connectivity index (χ2n) is 3.88. The molecule has 0 aliphatic carbocycles. The number of nitrogens with zero attached hydrogens (tertiary/aromatic N) is 1. The Kier molecular flexibility index (Phi) is 3.97. The molecule has 0 amide bonds. The Hall–Kier alpha value is -2.14. The van der Waals surface area contributed by atoms with Crippen LogP contribution < -0.4 is 9.47 Å². The Morgan fingerprint density at radius 1 is 1.21 bits per heavy atom. The largest absolute Gasteiger partial charge is 0.497 e. The van der Waals surface area contributed by atoms with Crippen molar-refractivity contribution in [1.29, 1.82) is 0 Å². The topological polar surface area (TPSA) is 51.6 Å². The number of halogens is 1. The van der Waals surface area contributed by atoms with Crippen molar-refractivity contribution in [1.82, 2.24) is 4.98 Å². The molecule has 0 aliphatic rings. The highest BCUT2D eigenvalue weighted by molar-refractivity contribution is 5.44. The van der Waals surface area contributed by atoms with Gasteiger partial charge in [-0.15, -0.1) is 0 Å². The van der Waals surface area contributed by atoms with Crippen LogP contribution in [0, 0.1) is 5.82 Å².